The summed E-state index contributed by atoms with van der Waals surface area (Å²) in [5.41, 5.74) is 2.43. The van der Waals surface area contributed by atoms with Crippen LogP contribution in [0.5, 0.6) is 5.75 Å². The first-order valence-electron chi connectivity index (χ1n) is 8.70. The summed E-state index contributed by atoms with van der Waals surface area (Å²) >= 11 is 0. The van der Waals surface area contributed by atoms with Crippen molar-refractivity contribution in [3.63, 3.8) is 0 Å². The first-order chi connectivity index (χ1) is 10.9. The highest BCUT2D eigenvalue weighted by Crippen LogP contribution is 2.24. The number of rotatable bonds is 7. The Bertz CT molecular complexity index is 482. The van der Waals surface area contributed by atoms with Gasteiger partial charge < -0.3 is 19.5 Å². The van der Waals surface area contributed by atoms with Crippen LogP contribution in [0.2, 0.25) is 0 Å². The molecule has 1 fully saturated rings. The van der Waals surface area contributed by atoms with Crippen molar-refractivity contribution in [1.29, 1.82) is 0 Å². The molecule has 0 aliphatic carbocycles. The molecule has 0 aromatic heterocycles. The van der Waals surface area contributed by atoms with Crippen molar-refractivity contribution in [2.24, 2.45) is 0 Å². The number of nitrogens with zero attached hydrogens (tertiary/aromatic N) is 1. The molecule has 4 heteroatoms. The molecule has 1 aliphatic rings. The van der Waals surface area contributed by atoms with Crippen molar-refractivity contribution < 1.29 is 14.6 Å². The lowest BCUT2D eigenvalue weighted by Gasteiger charge is -2.33. The van der Waals surface area contributed by atoms with E-state index in [0.717, 1.165) is 31.7 Å². The quantitative estimate of drug-likeness (QED) is 0.838. The minimum absolute atomic E-state index is 0.168. The van der Waals surface area contributed by atoms with E-state index in [1.54, 1.807) is 0 Å². The SMILES string of the molecule is Cc1ccc(C)c(OC2CCN(CC(O)COC(C)C)CC2)c1. The van der Waals surface area contributed by atoms with Gasteiger partial charge >= 0.3 is 0 Å². The van der Waals surface area contributed by atoms with Crippen LogP contribution in [-0.2, 0) is 4.74 Å². The van der Waals surface area contributed by atoms with Crippen molar-refractivity contribution in [3.8, 4) is 5.75 Å². The van der Waals surface area contributed by atoms with Gasteiger partial charge in [-0.3, -0.25) is 0 Å². The van der Waals surface area contributed by atoms with Crippen LogP contribution in [0.3, 0.4) is 0 Å². The molecule has 1 aromatic rings. The van der Waals surface area contributed by atoms with E-state index < -0.39 is 6.10 Å². The lowest BCUT2D eigenvalue weighted by molar-refractivity contribution is -0.0154. The third kappa shape index (κ3) is 6.13. The van der Waals surface area contributed by atoms with Gasteiger partial charge in [0.25, 0.3) is 0 Å². The fraction of sp³-hybridized carbons (Fsp3) is 0.684. The summed E-state index contributed by atoms with van der Waals surface area (Å²) in [6.45, 7) is 11.2. The Kier molecular flexibility index (Phi) is 6.88. The predicted molar refractivity (Wildman–Crippen MR) is 93.1 cm³/mol. The number of benzene rings is 1. The van der Waals surface area contributed by atoms with Crippen molar-refractivity contribution in [1.82, 2.24) is 4.90 Å². The van der Waals surface area contributed by atoms with Gasteiger partial charge in [0, 0.05) is 19.6 Å². The fourth-order valence-corrected chi connectivity index (χ4v) is 2.88. The molecule has 1 heterocycles. The molecule has 0 radical (unpaired) electrons. The van der Waals surface area contributed by atoms with Crippen LogP contribution in [0.25, 0.3) is 0 Å². The van der Waals surface area contributed by atoms with Gasteiger partial charge in [-0.1, -0.05) is 12.1 Å². The van der Waals surface area contributed by atoms with E-state index in [2.05, 4.69) is 36.9 Å². The van der Waals surface area contributed by atoms with Crippen LogP contribution >= 0.6 is 0 Å². The number of hydrogen-bond donors (Lipinski definition) is 1. The molecule has 1 aliphatic heterocycles. The van der Waals surface area contributed by atoms with Gasteiger partial charge in [0.1, 0.15) is 11.9 Å². The maximum absolute atomic E-state index is 10.0. The minimum atomic E-state index is -0.408. The number of hydrogen-bond acceptors (Lipinski definition) is 4. The summed E-state index contributed by atoms with van der Waals surface area (Å²) in [6, 6.07) is 6.35. The van der Waals surface area contributed by atoms with Gasteiger partial charge in [-0.05, 0) is 57.7 Å². The lowest BCUT2D eigenvalue weighted by atomic mass is 10.1. The molecule has 0 amide bonds. The number of likely N-dealkylation sites (tertiary alicyclic amines) is 1. The second kappa shape index (κ2) is 8.67. The third-order valence-electron chi connectivity index (χ3n) is 4.26. The Hall–Kier alpha value is -1.10. The Labute approximate surface area is 140 Å². The maximum Gasteiger partial charge on any atom is 0.122 e. The van der Waals surface area contributed by atoms with E-state index in [9.17, 15) is 5.11 Å². The molecule has 4 nitrogen and oxygen atoms in total. The zero-order valence-corrected chi connectivity index (χ0v) is 14.9. The van der Waals surface area contributed by atoms with Crippen LogP contribution in [0.4, 0.5) is 0 Å². The standard InChI is InChI=1S/C19H31NO3/c1-14(2)22-13-17(21)12-20-9-7-18(8-10-20)23-19-11-15(3)5-6-16(19)4/h5-6,11,14,17-18,21H,7-10,12-13H2,1-4H3. The maximum atomic E-state index is 10.0. The summed E-state index contributed by atoms with van der Waals surface area (Å²) in [4.78, 5) is 2.30. The first-order valence-corrected chi connectivity index (χ1v) is 8.70. The van der Waals surface area contributed by atoms with Crippen LogP contribution < -0.4 is 4.74 Å². The first kappa shape index (κ1) is 18.2. The van der Waals surface area contributed by atoms with Crippen LogP contribution in [0.15, 0.2) is 18.2 Å². The van der Waals surface area contributed by atoms with E-state index in [-0.39, 0.29) is 12.2 Å². The second-order valence-corrected chi connectivity index (χ2v) is 6.92. The molecule has 2 rings (SSSR count). The van der Waals surface area contributed by atoms with Crippen LogP contribution in [0.1, 0.15) is 37.8 Å². The lowest BCUT2D eigenvalue weighted by Crippen LogP contribution is -2.43. The summed E-state index contributed by atoms with van der Waals surface area (Å²) in [5.74, 6) is 1.01. The topological polar surface area (TPSA) is 41.9 Å². The summed E-state index contributed by atoms with van der Waals surface area (Å²) in [7, 11) is 0. The molecule has 0 saturated carbocycles. The number of aliphatic hydroxyl groups excluding tert-OH is 1. The number of aliphatic hydroxyl groups is 1. The molecule has 1 unspecified atom stereocenters. The van der Waals surface area contributed by atoms with Crippen molar-refractivity contribution in [3.05, 3.63) is 29.3 Å². The average molecular weight is 321 g/mol. The summed E-state index contributed by atoms with van der Waals surface area (Å²) < 4.78 is 11.7. The zero-order valence-electron chi connectivity index (χ0n) is 14.9. The van der Waals surface area contributed by atoms with Gasteiger partial charge in [-0.15, -0.1) is 0 Å². The second-order valence-electron chi connectivity index (χ2n) is 6.92. The Morgan fingerprint density at radius 2 is 1.91 bits per heavy atom. The molecule has 1 saturated heterocycles. The third-order valence-corrected chi connectivity index (χ3v) is 4.26. The fourth-order valence-electron chi connectivity index (χ4n) is 2.88. The van der Waals surface area contributed by atoms with Crippen molar-refractivity contribution in [2.75, 3.05) is 26.2 Å². The summed E-state index contributed by atoms with van der Waals surface area (Å²) in [5, 5.41) is 10.0. The van der Waals surface area contributed by atoms with E-state index >= 15 is 0 Å². The Balaban J connectivity index is 1.74. The largest absolute Gasteiger partial charge is 0.490 e. The van der Waals surface area contributed by atoms with Crippen LogP contribution in [-0.4, -0.2) is 54.6 Å². The molecule has 23 heavy (non-hydrogen) atoms. The van der Waals surface area contributed by atoms with E-state index in [1.165, 1.54) is 11.1 Å². The number of β-amino-alcohol motifs (C(OH)–C–C–N with tert-alkyl or cyclic N) is 1. The van der Waals surface area contributed by atoms with E-state index in [4.69, 9.17) is 9.47 Å². The average Bonchev–Trinajstić information content (AvgIpc) is 2.51. The number of piperidine rings is 1. The monoisotopic (exact) mass is 321 g/mol. The molecular weight excluding hydrogens is 290 g/mol. The van der Waals surface area contributed by atoms with Gasteiger partial charge in [0.2, 0.25) is 0 Å². The van der Waals surface area contributed by atoms with Gasteiger partial charge in [-0.25, -0.2) is 0 Å². The van der Waals surface area contributed by atoms with Gasteiger partial charge in [0.05, 0.1) is 18.8 Å². The minimum Gasteiger partial charge on any atom is -0.490 e. The molecule has 1 N–H and O–H groups in total. The zero-order chi connectivity index (χ0) is 16.8. The van der Waals surface area contributed by atoms with Gasteiger partial charge in [0.15, 0.2) is 0 Å². The van der Waals surface area contributed by atoms with Crippen molar-refractivity contribution >= 4 is 0 Å². The molecule has 0 spiro atoms. The normalized spacial score (nSPS) is 18.3. The molecule has 0 bridgehead atoms. The van der Waals surface area contributed by atoms with Gasteiger partial charge in [-0.2, -0.15) is 0 Å². The van der Waals surface area contributed by atoms with Crippen LogP contribution in [0, 0.1) is 13.8 Å². The van der Waals surface area contributed by atoms with E-state index in [0.29, 0.717) is 13.2 Å². The highest BCUT2D eigenvalue weighted by atomic mass is 16.5. The molecule has 1 aromatic carbocycles. The molecule has 1 atom stereocenters. The number of ether oxygens (including phenoxy) is 2. The number of aryl methyl sites for hydroxylation is 2. The predicted octanol–water partition coefficient (Wildman–Crippen LogP) is 2.93. The smallest absolute Gasteiger partial charge is 0.122 e. The summed E-state index contributed by atoms with van der Waals surface area (Å²) in [6.07, 6.45) is 2.04. The Morgan fingerprint density at radius 3 is 2.57 bits per heavy atom. The molecular formula is C19H31NO3. The highest BCUT2D eigenvalue weighted by molar-refractivity contribution is 5.36. The highest BCUT2D eigenvalue weighted by Gasteiger charge is 2.22. The van der Waals surface area contributed by atoms with Crippen molar-refractivity contribution in [2.45, 2.75) is 58.8 Å². The molecule has 130 valence electrons. The van der Waals surface area contributed by atoms with E-state index in [1.807, 2.05) is 13.8 Å². The Morgan fingerprint density at radius 1 is 1.22 bits per heavy atom.